The summed E-state index contributed by atoms with van der Waals surface area (Å²) in [6.07, 6.45) is 13.6. The summed E-state index contributed by atoms with van der Waals surface area (Å²) in [6.45, 7) is 12.4. The number of carbonyl (C=O) groups excluding carboxylic acids is 1. The first kappa shape index (κ1) is 18.6. The van der Waals surface area contributed by atoms with Gasteiger partial charge in [-0.25, -0.2) is 0 Å². The maximum atomic E-state index is 11.9. The highest BCUT2D eigenvalue weighted by Gasteiger charge is 2.61. The highest BCUT2D eigenvalue weighted by atomic mass is 16.1. The van der Waals surface area contributed by atoms with Gasteiger partial charge in [-0.1, -0.05) is 53.5 Å². The van der Waals surface area contributed by atoms with E-state index in [1.807, 2.05) is 6.08 Å². The quantitative estimate of drug-likeness (QED) is 0.701. The summed E-state index contributed by atoms with van der Waals surface area (Å²) in [4.78, 5) is 11.9. The molecular formula is C24H39NO. The molecule has 4 rings (SSSR count). The van der Waals surface area contributed by atoms with E-state index in [9.17, 15) is 4.79 Å². The molecular weight excluding hydrogens is 318 g/mol. The molecule has 9 atom stereocenters. The first-order valence-corrected chi connectivity index (χ1v) is 11.3. The predicted molar refractivity (Wildman–Crippen MR) is 108 cm³/mol. The Kier molecular flexibility index (Phi) is 4.56. The molecule has 2 heteroatoms. The summed E-state index contributed by atoms with van der Waals surface area (Å²) >= 11 is 0. The van der Waals surface area contributed by atoms with Crippen molar-refractivity contribution < 1.29 is 4.79 Å². The van der Waals surface area contributed by atoms with Crippen molar-refractivity contribution >= 4 is 5.91 Å². The van der Waals surface area contributed by atoms with Gasteiger partial charge in [0.05, 0.1) is 0 Å². The van der Waals surface area contributed by atoms with Crippen LogP contribution in [-0.4, -0.2) is 11.9 Å². The standard InChI is InChI=1S/C24H39NO/c1-6-7-15(2)17-8-9-18-22-16(3)14-20-24(5,13-11-21(26)25-20)19(22)10-12-23(17,18)4/h11,13,15-20,22H,6-10,12,14H2,1-5H3,(H,25,26)/t15?,16-,17+,18-,19-,20+,22-,23+,24+/m0/s1. The van der Waals surface area contributed by atoms with Gasteiger partial charge in [0.25, 0.3) is 0 Å². The Balaban J connectivity index is 1.64. The summed E-state index contributed by atoms with van der Waals surface area (Å²) in [7, 11) is 0. The average Bonchev–Trinajstić information content (AvgIpc) is 2.94. The van der Waals surface area contributed by atoms with Crippen molar-refractivity contribution in [2.24, 2.45) is 46.3 Å². The van der Waals surface area contributed by atoms with Gasteiger partial charge in [-0.3, -0.25) is 4.79 Å². The molecule has 0 radical (unpaired) electrons. The fourth-order valence-corrected chi connectivity index (χ4v) is 8.32. The lowest BCUT2D eigenvalue weighted by Crippen LogP contribution is -2.61. The van der Waals surface area contributed by atoms with Crippen LogP contribution in [0, 0.1) is 46.3 Å². The molecule has 1 N–H and O–H groups in total. The Hall–Kier alpha value is -0.790. The lowest BCUT2D eigenvalue weighted by Gasteiger charge is -2.61. The lowest BCUT2D eigenvalue weighted by atomic mass is 9.45. The van der Waals surface area contributed by atoms with Gasteiger partial charge < -0.3 is 5.32 Å². The van der Waals surface area contributed by atoms with E-state index in [0.717, 1.165) is 41.9 Å². The van der Waals surface area contributed by atoms with Crippen molar-refractivity contribution in [1.29, 1.82) is 0 Å². The molecule has 0 spiro atoms. The Bertz CT molecular complexity index is 597. The van der Waals surface area contributed by atoms with Crippen LogP contribution in [0.15, 0.2) is 12.2 Å². The van der Waals surface area contributed by atoms with Crippen molar-refractivity contribution in [3.05, 3.63) is 12.2 Å². The first-order chi connectivity index (χ1) is 12.3. The van der Waals surface area contributed by atoms with Gasteiger partial charge in [0.2, 0.25) is 5.91 Å². The fourth-order valence-electron chi connectivity index (χ4n) is 8.32. The van der Waals surface area contributed by atoms with E-state index < -0.39 is 0 Å². The summed E-state index contributed by atoms with van der Waals surface area (Å²) in [5.74, 6) is 5.13. The Morgan fingerprint density at radius 3 is 2.73 bits per heavy atom. The van der Waals surface area contributed by atoms with E-state index >= 15 is 0 Å². The monoisotopic (exact) mass is 357 g/mol. The number of fused-ring (bicyclic) bond motifs is 5. The number of carbonyl (C=O) groups is 1. The van der Waals surface area contributed by atoms with E-state index in [0.29, 0.717) is 11.5 Å². The minimum atomic E-state index is 0.119. The molecule has 0 aromatic carbocycles. The van der Waals surface area contributed by atoms with E-state index in [1.54, 1.807) is 0 Å². The third kappa shape index (κ3) is 2.53. The Labute approximate surface area is 160 Å². The topological polar surface area (TPSA) is 29.1 Å². The van der Waals surface area contributed by atoms with Crippen LogP contribution in [0.4, 0.5) is 0 Å². The van der Waals surface area contributed by atoms with Crippen LogP contribution >= 0.6 is 0 Å². The van der Waals surface area contributed by atoms with Crippen LogP contribution in [-0.2, 0) is 4.79 Å². The highest BCUT2D eigenvalue weighted by molar-refractivity contribution is 5.89. The van der Waals surface area contributed by atoms with Crippen molar-refractivity contribution in [3.63, 3.8) is 0 Å². The maximum absolute atomic E-state index is 11.9. The fraction of sp³-hybridized carbons (Fsp3) is 0.875. The number of nitrogens with one attached hydrogen (secondary N) is 1. The van der Waals surface area contributed by atoms with Gasteiger partial charge >= 0.3 is 0 Å². The van der Waals surface area contributed by atoms with Crippen LogP contribution in [0.25, 0.3) is 0 Å². The molecule has 1 heterocycles. The van der Waals surface area contributed by atoms with Gasteiger partial charge in [0.1, 0.15) is 0 Å². The molecule has 0 bridgehead atoms. The summed E-state index contributed by atoms with van der Waals surface area (Å²) in [5, 5.41) is 3.31. The molecule has 3 saturated carbocycles. The SMILES string of the molecule is CCCC(C)[C@H]1CC[C@H]2[C@@H]3[C@@H](C)C[C@H]4NC(=O)C=C[C@]4(C)[C@H]3CC[C@]12C. The normalized spacial score (nSPS) is 51.2. The molecule has 0 aromatic rings. The summed E-state index contributed by atoms with van der Waals surface area (Å²) in [6, 6.07) is 0.344. The smallest absolute Gasteiger partial charge is 0.243 e. The van der Waals surface area contributed by atoms with Gasteiger partial charge in [-0.15, -0.1) is 0 Å². The van der Waals surface area contributed by atoms with Gasteiger partial charge in [-0.05, 0) is 79.1 Å². The van der Waals surface area contributed by atoms with Crippen molar-refractivity contribution in [1.82, 2.24) is 5.32 Å². The molecule has 3 aliphatic carbocycles. The highest BCUT2D eigenvalue weighted by Crippen LogP contribution is 2.67. The number of hydrogen-bond donors (Lipinski definition) is 1. The zero-order valence-electron chi connectivity index (χ0n) is 17.6. The molecule has 26 heavy (non-hydrogen) atoms. The zero-order valence-corrected chi connectivity index (χ0v) is 17.6. The molecule has 3 fully saturated rings. The van der Waals surface area contributed by atoms with Crippen molar-refractivity contribution in [2.45, 2.75) is 85.6 Å². The number of hydrogen-bond acceptors (Lipinski definition) is 1. The second-order valence-electron chi connectivity index (χ2n) is 10.8. The molecule has 146 valence electrons. The largest absolute Gasteiger partial charge is 0.349 e. The molecule has 1 unspecified atom stereocenters. The molecule has 2 nitrogen and oxygen atoms in total. The van der Waals surface area contributed by atoms with Crippen LogP contribution in [0.1, 0.15) is 79.6 Å². The van der Waals surface area contributed by atoms with E-state index in [1.165, 1.54) is 38.5 Å². The summed E-state index contributed by atoms with van der Waals surface area (Å²) < 4.78 is 0. The Morgan fingerprint density at radius 1 is 1.23 bits per heavy atom. The van der Waals surface area contributed by atoms with Gasteiger partial charge in [-0.2, -0.15) is 0 Å². The molecule has 1 aliphatic heterocycles. The first-order valence-electron chi connectivity index (χ1n) is 11.3. The van der Waals surface area contributed by atoms with E-state index in [4.69, 9.17) is 0 Å². The third-order valence-corrected chi connectivity index (χ3v) is 9.56. The zero-order chi connectivity index (χ0) is 18.7. The van der Waals surface area contributed by atoms with Crippen molar-refractivity contribution in [3.8, 4) is 0 Å². The van der Waals surface area contributed by atoms with Crippen LogP contribution in [0.3, 0.4) is 0 Å². The minimum Gasteiger partial charge on any atom is -0.349 e. The van der Waals surface area contributed by atoms with Crippen molar-refractivity contribution in [2.75, 3.05) is 0 Å². The third-order valence-electron chi connectivity index (χ3n) is 9.56. The minimum absolute atomic E-state index is 0.119. The predicted octanol–water partition coefficient (Wildman–Crippen LogP) is 5.58. The lowest BCUT2D eigenvalue weighted by molar-refractivity contribution is -0.126. The second kappa shape index (κ2) is 6.38. The number of rotatable bonds is 3. The molecule has 0 aromatic heterocycles. The summed E-state index contributed by atoms with van der Waals surface area (Å²) in [5.41, 5.74) is 0.717. The second-order valence-corrected chi connectivity index (χ2v) is 10.8. The van der Waals surface area contributed by atoms with Gasteiger partial charge in [0.15, 0.2) is 0 Å². The van der Waals surface area contributed by atoms with E-state index in [-0.39, 0.29) is 11.3 Å². The van der Waals surface area contributed by atoms with E-state index in [2.05, 4.69) is 46.0 Å². The molecule has 1 amide bonds. The Morgan fingerprint density at radius 2 is 2.00 bits per heavy atom. The molecule has 0 saturated heterocycles. The maximum Gasteiger partial charge on any atom is 0.243 e. The van der Waals surface area contributed by atoms with Crippen LogP contribution in [0.2, 0.25) is 0 Å². The van der Waals surface area contributed by atoms with Crippen LogP contribution in [0.5, 0.6) is 0 Å². The van der Waals surface area contributed by atoms with Crippen LogP contribution < -0.4 is 5.32 Å². The van der Waals surface area contributed by atoms with Gasteiger partial charge in [0, 0.05) is 11.5 Å². The number of amides is 1. The molecule has 4 aliphatic rings. The average molecular weight is 358 g/mol.